The van der Waals surface area contributed by atoms with Crippen LogP contribution in [0.5, 0.6) is 5.75 Å². The molecule has 0 radical (unpaired) electrons. The lowest BCUT2D eigenvalue weighted by atomic mass is 10.0. The van der Waals surface area contributed by atoms with Crippen LogP contribution in [-0.2, 0) is 9.53 Å². The molecule has 6 nitrogen and oxygen atoms in total. The molecule has 100 valence electrons. The van der Waals surface area contributed by atoms with E-state index in [2.05, 4.69) is 4.74 Å². The molecule has 0 bridgehead atoms. The molecule has 18 heavy (non-hydrogen) atoms. The summed E-state index contributed by atoms with van der Waals surface area (Å²) >= 11 is 0. The van der Waals surface area contributed by atoms with Gasteiger partial charge in [-0.05, 0) is 24.1 Å². The first-order valence-electron chi connectivity index (χ1n) is 5.44. The van der Waals surface area contributed by atoms with Gasteiger partial charge in [-0.3, -0.25) is 10.0 Å². The Balaban J connectivity index is 2.74. The standard InChI is InChI=1S/C12H16NO5/c1-17-10-5-3-9(4-6-10)11(13(15)16)7-8-12(14)18-2/h3-6,11,15H,7-8H2,1-2H3/q-1. The minimum Gasteiger partial charge on any atom is -0.762 e. The summed E-state index contributed by atoms with van der Waals surface area (Å²) in [5.41, 5.74) is 0.609. The number of methoxy groups -OCH3 is 2. The summed E-state index contributed by atoms with van der Waals surface area (Å²) in [5.74, 6) is 0.233. The number of ether oxygens (including phenoxy) is 2. The van der Waals surface area contributed by atoms with Crippen LogP contribution in [0.4, 0.5) is 0 Å². The average molecular weight is 254 g/mol. The summed E-state index contributed by atoms with van der Waals surface area (Å²) in [6.45, 7) is 0. The molecule has 1 aromatic rings. The lowest BCUT2D eigenvalue weighted by Gasteiger charge is -2.30. The minimum atomic E-state index is -0.796. The van der Waals surface area contributed by atoms with Gasteiger partial charge in [0, 0.05) is 12.5 Å². The van der Waals surface area contributed by atoms with Crippen molar-refractivity contribution < 1.29 is 19.5 Å². The Hall–Kier alpha value is -1.63. The molecule has 0 spiro atoms. The number of carbonyl (C=O) groups excluding carboxylic acids is 1. The number of hydrogen-bond donors (Lipinski definition) is 1. The summed E-state index contributed by atoms with van der Waals surface area (Å²) in [6.07, 6.45) is 0.242. The molecule has 0 aromatic heterocycles. The fraction of sp³-hybridized carbons (Fsp3) is 0.417. The van der Waals surface area contributed by atoms with E-state index in [1.807, 2.05) is 0 Å². The van der Waals surface area contributed by atoms with Crippen LogP contribution in [0.15, 0.2) is 24.3 Å². The summed E-state index contributed by atoms with van der Waals surface area (Å²) in [5, 5.41) is 20.0. The maximum atomic E-state index is 11.1. The highest BCUT2D eigenvalue weighted by molar-refractivity contribution is 5.69. The number of carbonyl (C=O) groups is 1. The third-order valence-electron chi connectivity index (χ3n) is 2.62. The molecule has 0 aliphatic rings. The van der Waals surface area contributed by atoms with Gasteiger partial charge in [0.05, 0.1) is 14.2 Å². The van der Waals surface area contributed by atoms with E-state index in [1.54, 1.807) is 24.3 Å². The van der Waals surface area contributed by atoms with Crippen molar-refractivity contribution in [3.63, 3.8) is 0 Å². The van der Waals surface area contributed by atoms with Crippen LogP contribution in [0.2, 0.25) is 0 Å². The van der Waals surface area contributed by atoms with E-state index in [1.165, 1.54) is 14.2 Å². The van der Waals surface area contributed by atoms with Gasteiger partial charge in [0.2, 0.25) is 0 Å². The number of rotatable bonds is 6. The predicted octanol–water partition coefficient (Wildman–Crippen LogP) is 1.88. The van der Waals surface area contributed by atoms with Crippen LogP contribution in [0, 0.1) is 5.21 Å². The Bertz CT molecular complexity index is 377. The van der Waals surface area contributed by atoms with Gasteiger partial charge >= 0.3 is 5.97 Å². The van der Waals surface area contributed by atoms with Gasteiger partial charge in [-0.2, -0.15) is 0 Å². The van der Waals surface area contributed by atoms with Gasteiger partial charge in [0.1, 0.15) is 5.75 Å². The summed E-state index contributed by atoms with van der Waals surface area (Å²) in [6, 6.07) is 5.91. The highest BCUT2D eigenvalue weighted by Gasteiger charge is 2.14. The molecule has 0 fully saturated rings. The quantitative estimate of drug-likeness (QED) is 0.616. The van der Waals surface area contributed by atoms with E-state index >= 15 is 0 Å². The van der Waals surface area contributed by atoms with Crippen molar-refractivity contribution in [3.05, 3.63) is 35.0 Å². The molecule has 1 aromatic carbocycles. The van der Waals surface area contributed by atoms with E-state index < -0.39 is 12.0 Å². The molecule has 0 saturated carbocycles. The zero-order valence-electron chi connectivity index (χ0n) is 10.3. The second kappa shape index (κ2) is 6.95. The lowest BCUT2D eigenvalue weighted by molar-refractivity contribution is -0.142. The zero-order chi connectivity index (χ0) is 13.5. The number of hydrogen-bond acceptors (Lipinski definition) is 6. The predicted molar refractivity (Wildman–Crippen MR) is 64.0 cm³/mol. The Morgan fingerprint density at radius 1 is 1.39 bits per heavy atom. The van der Waals surface area contributed by atoms with Crippen molar-refractivity contribution in [2.45, 2.75) is 18.9 Å². The Labute approximate surface area is 105 Å². The van der Waals surface area contributed by atoms with Crippen molar-refractivity contribution in [2.75, 3.05) is 14.2 Å². The maximum absolute atomic E-state index is 11.1. The van der Waals surface area contributed by atoms with Crippen LogP contribution in [-0.4, -0.2) is 30.6 Å². The molecular weight excluding hydrogens is 238 g/mol. The SMILES string of the molecule is COC(=O)CCC(c1ccc(OC)cc1)N([O-])O. The van der Waals surface area contributed by atoms with Crippen LogP contribution in [0.1, 0.15) is 24.4 Å². The molecule has 0 aliphatic carbocycles. The topological polar surface area (TPSA) is 82.1 Å². The van der Waals surface area contributed by atoms with Gasteiger partial charge in [-0.15, -0.1) is 0 Å². The van der Waals surface area contributed by atoms with Gasteiger partial charge in [0.15, 0.2) is 0 Å². The highest BCUT2D eigenvalue weighted by Crippen LogP contribution is 2.25. The molecule has 1 rings (SSSR count). The van der Waals surface area contributed by atoms with E-state index in [4.69, 9.17) is 9.94 Å². The molecule has 1 unspecified atom stereocenters. The Kier molecular flexibility index (Phi) is 5.57. The fourth-order valence-corrected chi connectivity index (χ4v) is 1.59. The summed E-state index contributed by atoms with van der Waals surface area (Å²) in [7, 11) is 2.81. The van der Waals surface area contributed by atoms with Crippen molar-refractivity contribution in [1.29, 1.82) is 0 Å². The third kappa shape index (κ3) is 3.99. The molecule has 6 heteroatoms. The summed E-state index contributed by atoms with van der Waals surface area (Å²) < 4.78 is 9.49. The van der Waals surface area contributed by atoms with Crippen LogP contribution >= 0.6 is 0 Å². The fourth-order valence-electron chi connectivity index (χ4n) is 1.59. The van der Waals surface area contributed by atoms with Crippen LogP contribution < -0.4 is 4.74 Å². The normalized spacial score (nSPS) is 12.3. The molecule has 0 aliphatic heterocycles. The number of benzene rings is 1. The van der Waals surface area contributed by atoms with E-state index in [-0.39, 0.29) is 18.1 Å². The smallest absolute Gasteiger partial charge is 0.305 e. The first-order valence-corrected chi connectivity index (χ1v) is 5.44. The Morgan fingerprint density at radius 2 is 2.00 bits per heavy atom. The first-order chi connectivity index (χ1) is 8.58. The minimum absolute atomic E-state index is 0.0620. The maximum Gasteiger partial charge on any atom is 0.305 e. The lowest BCUT2D eigenvalue weighted by Crippen LogP contribution is -2.20. The third-order valence-corrected chi connectivity index (χ3v) is 2.62. The molecule has 0 amide bonds. The second-order valence-electron chi connectivity index (χ2n) is 3.71. The van der Waals surface area contributed by atoms with Crippen molar-refractivity contribution in [3.8, 4) is 5.75 Å². The molecule has 0 saturated heterocycles. The van der Waals surface area contributed by atoms with Gasteiger partial charge in [0.25, 0.3) is 0 Å². The summed E-state index contributed by atoms with van der Waals surface area (Å²) in [4.78, 5) is 11.0. The van der Waals surface area contributed by atoms with Gasteiger partial charge in [-0.1, -0.05) is 12.1 Å². The first kappa shape index (κ1) is 14.4. The monoisotopic (exact) mass is 254 g/mol. The van der Waals surface area contributed by atoms with Crippen LogP contribution in [0.25, 0.3) is 0 Å². The number of nitrogens with zero attached hydrogens (tertiary/aromatic N) is 1. The Morgan fingerprint density at radius 3 is 2.44 bits per heavy atom. The number of hydroxylamine groups is 2. The van der Waals surface area contributed by atoms with E-state index in [0.29, 0.717) is 11.3 Å². The van der Waals surface area contributed by atoms with Crippen molar-refractivity contribution in [2.24, 2.45) is 0 Å². The largest absolute Gasteiger partial charge is 0.762 e. The highest BCUT2D eigenvalue weighted by atomic mass is 16.8. The van der Waals surface area contributed by atoms with Gasteiger partial charge < -0.3 is 19.9 Å². The van der Waals surface area contributed by atoms with E-state index in [0.717, 1.165) is 0 Å². The molecule has 1 atom stereocenters. The van der Waals surface area contributed by atoms with E-state index in [9.17, 15) is 10.0 Å². The zero-order valence-corrected chi connectivity index (χ0v) is 10.3. The number of esters is 1. The molecular formula is C12H16NO5-. The second-order valence-corrected chi connectivity index (χ2v) is 3.71. The molecule has 0 heterocycles. The van der Waals surface area contributed by atoms with Crippen molar-refractivity contribution in [1.82, 2.24) is 5.23 Å². The molecule has 1 N–H and O–H groups in total. The van der Waals surface area contributed by atoms with Crippen LogP contribution in [0.3, 0.4) is 0 Å². The van der Waals surface area contributed by atoms with Crippen molar-refractivity contribution >= 4 is 5.97 Å². The van der Waals surface area contributed by atoms with Gasteiger partial charge in [-0.25, -0.2) is 0 Å². The average Bonchev–Trinajstić information content (AvgIpc) is 2.39.